The van der Waals surface area contributed by atoms with Crippen molar-refractivity contribution in [2.75, 3.05) is 32.7 Å². The van der Waals surface area contributed by atoms with Crippen LogP contribution in [-0.2, 0) is 4.79 Å². The third-order valence-corrected chi connectivity index (χ3v) is 4.93. The van der Waals surface area contributed by atoms with Gasteiger partial charge in [-0.2, -0.15) is 0 Å². The fraction of sp³-hybridized carbons (Fsp3) is 0.938. The molecule has 20 heavy (non-hydrogen) atoms. The Hall–Kier alpha value is -0.610. The molecule has 0 bridgehead atoms. The summed E-state index contributed by atoms with van der Waals surface area (Å²) in [7, 11) is 0. The number of hydrogen-bond donors (Lipinski definition) is 1. The van der Waals surface area contributed by atoms with Crippen LogP contribution in [0.5, 0.6) is 0 Å². The van der Waals surface area contributed by atoms with E-state index in [9.17, 15) is 4.79 Å². The molecule has 2 rings (SSSR count). The Morgan fingerprint density at radius 2 is 1.95 bits per heavy atom. The summed E-state index contributed by atoms with van der Waals surface area (Å²) >= 11 is 0. The predicted molar refractivity (Wildman–Crippen MR) is 80.9 cm³/mol. The molecule has 1 unspecified atom stereocenters. The lowest BCUT2D eigenvalue weighted by molar-refractivity contribution is -0.137. The average Bonchev–Trinajstić information content (AvgIpc) is 2.47. The van der Waals surface area contributed by atoms with Crippen LogP contribution in [0.3, 0.4) is 0 Å². The van der Waals surface area contributed by atoms with Crippen LogP contribution in [0.1, 0.15) is 51.9 Å². The number of carbonyl (C=O) groups is 1. The molecule has 2 saturated heterocycles. The smallest absolute Gasteiger partial charge is 0.303 e. The molecule has 0 radical (unpaired) electrons. The van der Waals surface area contributed by atoms with Crippen molar-refractivity contribution in [2.24, 2.45) is 5.92 Å². The fourth-order valence-electron chi connectivity index (χ4n) is 3.82. The third-order valence-electron chi connectivity index (χ3n) is 4.93. The second-order valence-electron chi connectivity index (χ2n) is 6.51. The van der Waals surface area contributed by atoms with E-state index in [1.54, 1.807) is 0 Å². The van der Waals surface area contributed by atoms with Crippen LogP contribution in [0.2, 0.25) is 0 Å². The van der Waals surface area contributed by atoms with Crippen LogP contribution in [0.25, 0.3) is 0 Å². The number of carboxylic acids is 1. The maximum Gasteiger partial charge on any atom is 0.303 e. The van der Waals surface area contributed by atoms with Crippen molar-refractivity contribution >= 4 is 5.97 Å². The van der Waals surface area contributed by atoms with Crippen LogP contribution >= 0.6 is 0 Å². The molecule has 4 nitrogen and oxygen atoms in total. The van der Waals surface area contributed by atoms with E-state index in [4.69, 9.17) is 5.11 Å². The molecular weight excluding hydrogens is 252 g/mol. The van der Waals surface area contributed by atoms with Gasteiger partial charge in [-0.1, -0.05) is 6.92 Å². The third kappa shape index (κ3) is 4.74. The second kappa shape index (κ2) is 7.99. The Balaban J connectivity index is 1.74. The molecule has 2 fully saturated rings. The number of likely N-dealkylation sites (tertiary alicyclic amines) is 2. The van der Waals surface area contributed by atoms with E-state index in [0.717, 1.165) is 19.0 Å². The Bertz CT molecular complexity index is 301. The first kappa shape index (κ1) is 15.8. The lowest BCUT2D eigenvalue weighted by atomic mass is 9.91. The van der Waals surface area contributed by atoms with Gasteiger partial charge < -0.3 is 14.9 Å². The van der Waals surface area contributed by atoms with Gasteiger partial charge in [-0.3, -0.25) is 4.79 Å². The number of aliphatic carboxylic acids is 1. The first-order valence-electron chi connectivity index (χ1n) is 8.37. The summed E-state index contributed by atoms with van der Waals surface area (Å²) in [6.07, 6.45) is 7.52. The molecule has 0 spiro atoms. The van der Waals surface area contributed by atoms with Crippen molar-refractivity contribution in [3.05, 3.63) is 0 Å². The number of piperidine rings is 2. The Labute approximate surface area is 123 Å². The molecule has 0 aromatic heterocycles. The molecule has 2 aliphatic heterocycles. The molecule has 2 aliphatic rings. The Morgan fingerprint density at radius 1 is 1.20 bits per heavy atom. The lowest BCUT2D eigenvalue weighted by Crippen LogP contribution is -2.48. The van der Waals surface area contributed by atoms with Crippen LogP contribution < -0.4 is 0 Å². The standard InChI is InChI=1S/C16H30N2O2/c1-2-9-17-11-7-15(8-12-17)18-10-3-4-14(13-18)5-6-16(19)20/h14-15H,2-13H2,1H3,(H,19,20). The molecule has 1 atom stereocenters. The van der Waals surface area contributed by atoms with Crippen LogP contribution in [-0.4, -0.2) is 59.6 Å². The quantitative estimate of drug-likeness (QED) is 0.812. The van der Waals surface area contributed by atoms with Crippen molar-refractivity contribution in [2.45, 2.75) is 57.9 Å². The second-order valence-corrected chi connectivity index (χ2v) is 6.51. The lowest BCUT2D eigenvalue weighted by Gasteiger charge is -2.42. The maximum absolute atomic E-state index is 10.7. The van der Waals surface area contributed by atoms with Crippen molar-refractivity contribution < 1.29 is 9.90 Å². The normalized spacial score (nSPS) is 26.8. The first-order chi connectivity index (χ1) is 9.69. The van der Waals surface area contributed by atoms with Gasteiger partial charge in [0.2, 0.25) is 0 Å². The van der Waals surface area contributed by atoms with E-state index in [0.29, 0.717) is 12.3 Å². The first-order valence-corrected chi connectivity index (χ1v) is 8.37. The Kier molecular flexibility index (Phi) is 6.30. The highest BCUT2D eigenvalue weighted by Crippen LogP contribution is 2.26. The van der Waals surface area contributed by atoms with E-state index in [1.807, 2.05) is 0 Å². The zero-order valence-corrected chi connectivity index (χ0v) is 12.9. The molecule has 2 heterocycles. The van der Waals surface area contributed by atoms with Gasteiger partial charge >= 0.3 is 5.97 Å². The zero-order valence-electron chi connectivity index (χ0n) is 12.9. The molecule has 1 N–H and O–H groups in total. The van der Waals surface area contributed by atoms with E-state index < -0.39 is 5.97 Å². The summed E-state index contributed by atoms with van der Waals surface area (Å²) in [6.45, 7) is 8.34. The highest BCUT2D eigenvalue weighted by atomic mass is 16.4. The highest BCUT2D eigenvalue weighted by molar-refractivity contribution is 5.66. The summed E-state index contributed by atoms with van der Waals surface area (Å²) in [5.41, 5.74) is 0. The largest absolute Gasteiger partial charge is 0.481 e. The zero-order chi connectivity index (χ0) is 14.4. The molecule has 0 aromatic rings. The molecular formula is C16H30N2O2. The van der Waals surface area contributed by atoms with Crippen molar-refractivity contribution in [3.63, 3.8) is 0 Å². The van der Waals surface area contributed by atoms with Gasteiger partial charge in [0.15, 0.2) is 0 Å². The van der Waals surface area contributed by atoms with Crippen LogP contribution in [0.4, 0.5) is 0 Å². The summed E-state index contributed by atoms with van der Waals surface area (Å²) in [4.78, 5) is 15.9. The molecule has 0 aliphatic carbocycles. The molecule has 116 valence electrons. The van der Waals surface area contributed by atoms with Crippen molar-refractivity contribution in [1.29, 1.82) is 0 Å². The number of hydrogen-bond acceptors (Lipinski definition) is 3. The van der Waals surface area contributed by atoms with Gasteiger partial charge in [0, 0.05) is 19.0 Å². The summed E-state index contributed by atoms with van der Waals surface area (Å²) in [5.74, 6) is -0.0384. The van der Waals surface area contributed by atoms with Gasteiger partial charge in [0.05, 0.1) is 0 Å². The van der Waals surface area contributed by atoms with Crippen molar-refractivity contribution in [3.8, 4) is 0 Å². The minimum atomic E-state index is -0.644. The number of carboxylic acid groups (broad SMARTS) is 1. The van der Waals surface area contributed by atoms with Crippen LogP contribution in [0.15, 0.2) is 0 Å². The maximum atomic E-state index is 10.7. The van der Waals surface area contributed by atoms with Crippen molar-refractivity contribution in [1.82, 2.24) is 9.80 Å². The minimum Gasteiger partial charge on any atom is -0.481 e. The summed E-state index contributed by atoms with van der Waals surface area (Å²) in [5, 5.41) is 8.82. The van der Waals surface area contributed by atoms with Gasteiger partial charge in [0.25, 0.3) is 0 Å². The monoisotopic (exact) mass is 282 g/mol. The summed E-state index contributed by atoms with van der Waals surface area (Å²) < 4.78 is 0. The summed E-state index contributed by atoms with van der Waals surface area (Å²) in [6, 6.07) is 0.746. The average molecular weight is 282 g/mol. The van der Waals surface area contributed by atoms with Gasteiger partial charge in [0.1, 0.15) is 0 Å². The Morgan fingerprint density at radius 3 is 2.60 bits per heavy atom. The molecule has 0 aromatic carbocycles. The fourth-order valence-corrected chi connectivity index (χ4v) is 3.82. The molecule has 4 heteroatoms. The molecule has 0 amide bonds. The number of rotatable bonds is 6. The van der Waals surface area contributed by atoms with Gasteiger partial charge in [-0.15, -0.1) is 0 Å². The van der Waals surface area contributed by atoms with E-state index in [2.05, 4.69) is 16.7 Å². The predicted octanol–water partition coefficient (Wildman–Crippen LogP) is 2.44. The van der Waals surface area contributed by atoms with Crippen LogP contribution in [0, 0.1) is 5.92 Å². The van der Waals surface area contributed by atoms with Gasteiger partial charge in [-0.05, 0) is 70.6 Å². The van der Waals surface area contributed by atoms with E-state index in [1.165, 1.54) is 58.3 Å². The molecule has 0 saturated carbocycles. The number of nitrogens with zero attached hydrogens (tertiary/aromatic N) is 2. The minimum absolute atomic E-state index is 0.341. The topological polar surface area (TPSA) is 43.8 Å². The van der Waals surface area contributed by atoms with Gasteiger partial charge in [-0.25, -0.2) is 0 Å². The SMILES string of the molecule is CCCN1CCC(N2CCCC(CCC(=O)O)C2)CC1. The van der Waals surface area contributed by atoms with E-state index >= 15 is 0 Å². The highest BCUT2D eigenvalue weighted by Gasteiger charge is 2.28. The van der Waals surface area contributed by atoms with E-state index in [-0.39, 0.29) is 0 Å².